The van der Waals surface area contributed by atoms with Gasteiger partial charge in [0.2, 0.25) is 5.91 Å². The Kier molecular flexibility index (Phi) is 5.76. The van der Waals surface area contributed by atoms with Crippen molar-refractivity contribution in [1.82, 2.24) is 5.32 Å². The molecule has 1 amide bonds. The molecule has 0 heterocycles. The van der Waals surface area contributed by atoms with Gasteiger partial charge in [-0.05, 0) is 19.4 Å². The summed E-state index contributed by atoms with van der Waals surface area (Å²) in [5.41, 5.74) is 6.36. The van der Waals surface area contributed by atoms with E-state index in [0.29, 0.717) is 24.3 Å². The zero-order valence-electron chi connectivity index (χ0n) is 11.7. The number of nitro benzene ring substituents is 1. The number of nitro groups is 1. The van der Waals surface area contributed by atoms with Crippen LogP contribution >= 0.6 is 0 Å². The van der Waals surface area contributed by atoms with Gasteiger partial charge in [-0.25, -0.2) is 0 Å². The quantitative estimate of drug-likeness (QED) is 0.401. The maximum absolute atomic E-state index is 11.6. The number of amides is 1. The summed E-state index contributed by atoms with van der Waals surface area (Å²) in [6.45, 7) is 4.32. The average molecular weight is 280 g/mol. The molecule has 0 bridgehead atoms. The number of benzene rings is 1. The molecule has 0 radical (unpaired) electrons. The predicted molar refractivity (Wildman–Crippen MR) is 78.5 cm³/mol. The number of carbonyl (C=O) groups is 1. The van der Waals surface area contributed by atoms with E-state index in [0.717, 1.165) is 6.42 Å². The summed E-state index contributed by atoms with van der Waals surface area (Å²) in [6.07, 6.45) is 1.17. The van der Waals surface area contributed by atoms with Gasteiger partial charge >= 0.3 is 0 Å². The van der Waals surface area contributed by atoms with Crippen molar-refractivity contribution >= 4 is 23.0 Å². The molecule has 4 N–H and O–H groups in total. The third kappa shape index (κ3) is 5.13. The minimum absolute atomic E-state index is 0.0507. The van der Waals surface area contributed by atoms with Crippen molar-refractivity contribution < 1.29 is 9.72 Å². The summed E-state index contributed by atoms with van der Waals surface area (Å²) in [5, 5.41) is 16.5. The van der Waals surface area contributed by atoms with Crippen molar-refractivity contribution in [2.45, 2.75) is 32.7 Å². The number of rotatable bonds is 7. The summed E-state index contributed by atoms with van der Waals surface area (Å²) < 4.78 is 0. The molecule has 20 heavy (non-hydrogen) atoms. The Bertz CT molecular complexity index is 491. The van der Waals surface area contributed by atoms with Crippen molar-refractivity contribution in [3.63, 3.8) is 0 Å². The number of nitrogens with zero attached hydrogens (tertiary/aromatic N) is 1. The number of nitrogens with one attached hydrogen (secondary N) is 2. The van der Waals surface area contributed by atoms with Crippen LogP contribution in [0.5, 0.6) is 0 Å². The van der Waals surface area contributed by atoms with E-state index < -0.39 is 4.92 Å². The highest BCUT2D eigenvalue weighted by Gasteiger charge is 2.09. The number of non-ortho nitro benzene ring substituents is 1. The molecule has 0 spiro atoms. The standard InChI is InChI=1S/C13H20N4O3/c1-3-9(2)16-13(18)4-5-15-11-6-10(14)7-12(8-11)17(19)20/h6-9,15H,3-5,14H2,1-2H3,(H,16,18). The van der Waals surface area contributed by atoms with Crippen molar-refractivity contribution in [3.05, 3.63) is 28.3 Å². The molecule has 0 fully saturated rings. The van der Waals surface area contributed by atoms with Gasteiger partial charge in [-0.2, -0.15) is 0 Å². The third-order valence-corrected chi connectivity index (χ3v) is 2.85. The van der Waals surface area contributed by atoms with E-state index >= 15 is 0 Å². The van der Waals surface area contributed by atoms with Crippen LogP contribution in [0.25, 0.3) is 0 Å². The number of carbonyl (C=O) groups excluding carboxylic acids is 1. The van der Waals surface area contributed by atoms with Crippen LogP contribution in [0, 0.1) is 10.1 Å². The van der Waals surface area contributed by atoms with Crippen LogP contribution < -0.4 is 16.4 Å². The molecule has 1 atom stereocenters. The SMILES string of the molecule is CCC(C)NC(=O)CCNc1cc(N)cc([N+](=O)[O-])c1. The highest BCUT2D eigenvalue weighted by Crippen LogP contribution is 2.22. The first kappa shape index (κ1) is 15.7. The van der Waals surface area contributed by atoms with Crippen molar-refractivity contribution in [3.8, 4) is 0 Å². The maximum atomic E-state index is 11.6. The van der Waals surface area contributed by atoms with Gasteiger partial charge in [-0.3, -0.25) is 14.9 Å². The van der Waals surface area contributed by atoms with E-state index in [4.69, 9.17) is 5.73 Å². The number of nitrogens with two attached hydrogens (primary N) is 1. The predicted octanol–water partition coefficient (Wildman–Crippen LogP) is 1.89. The van der Waals surface area contributed by atoms with Gasteiger partial charge in [0.05, 0.1) is 4.92 Å². The molecule has 1 aromatic carbocycles. The topological polar surface area (TPSA) is 110 Å². The monoisotopic (exact) mass is 280 g/mol. The van der Waals surface area contributed by atoms with Crippen LogP contribution in [0.4, 0.5) is 17.1 Å². The number of anilines is 2. The lowest BCUT2D eigenvalue weighted by Gasteiger charge is -2.12. The molecular weight excluding hydrogens is 260 g/mol. The van der Waals surface area contributed by atoms with Gasteiger partial charge in [-0.15, -0.1) is 0 Å². The zero-order chi connectivity index (χ0) is 15.1. The fraction of sp³-hybridized carbons (Fsp3) is 0.462. The van der Waals surface area contributed by atoms with Crippen LogP contribution in [0.2, 0.25) is 0 Å². The van der Waals surface area contributed by atoms with E-state index in [1.165, 1.54) is 12.1 Å². The molecule has 0 saturated heterocycles. The lowest BCUT2D eigenvalue weighted by molar-refractivity contribution is -0.384. The van der Waals surface area contributed by atoms with Crippen LogP contribution in [0.15, 0.2) is 18.2 Å². The van der Waals surface area contributed by atoms with Gasteiger partial charge in [0.1, 0.15) is 0 Å². The Balaban J connectivity index is 2.50. The first-order valence-corrected chi connectivity index (χ1v) is 6.50. The summed E-state index contributed by atoms with van der Waals surface area (Å²) >= 11 is 0. The van der Waals surface area contributed by atoms with Crippen LogP contribution in [-0.4, -0.2) is 23.4 Å². The van der Waals surface area contributed by atoms with Crippen LogP contribution in [-0.2, 0) is 4.79 Å². The lowest BCUT2D eigenvalue weighted by Crippen LogP contribution is -2.32. The average Bonchev–Trinajstić information content (AvgIpc) is 2.37. The molecule has 0 aliphatic carbocycles. The second-order valence-electron chi connectivity index (χ2n) is 4.62. The third-order valence-electron chi connectivity index (χ3n) is 2.85. The Labute approximate surface area is 117 Å². The van der Waals surface area contributed by atoms with E-state index in [2.05, 4.69) is 10.6 Å². The second kappa shape index (κ2) is 7.32. The molecule has 0 saturated carbocycles. The Hall–Kier alpha value is -2.31. The van der Waals surface area contributed by atoms with Crippen LogP contribution in [0.1, 0.15) is 26.7 Å². The summed E-state index contributed by atoms with van der Waals surface area (Å²) in [7, 11) is 0. The normalized spacial score (nSPS) is 11.7. The smallest absolute Gasteiger partial charge is 0.273 e. The van der Waals surface area contributed by atoms with Crippen molar-refractivity contribution in [2.75, 3.05) is 17.6 Å². The molecule has 110 valence electrons. The lowest BCUT2D eigenvalue weighted by atomic mass is 10.2. The van der Waals surface area contributed by atoms with E-state index in [9.17, 15) is 14.9 Å². The van der Waals surface area contributed by atoms with E-state index in [1.807, 2.05) is 13.8 Å². The summed E-state index contributed by atoms with van der Waals surface area (Å²) in [5.74, 6) is -0.0507. The highest BCUT2D eigenvalue weighted by molar-refractivity contribution is 5.76. The van der Waals surface area contributed by atoms with Crippen LogP contribution in [0.3, 0.4) is 0 Å². The number of hydrogen-bond acceptors (Lipinski definition) is 5. The van der Waals surface area contributed by atoms with Gasteiger partial charge in [-0.1, -0.05) is 6.92 Å². The Morgan fingerprint density at radius 1 is 1.45 bits per heavy atom. The van der Waals surface area contributed by atoms with E-state index in [1.54, 1.807) is 6.07 Å². The zero-order valence-corrected chi connectivity index (χ0v) is 11.7. The van der Waals surface area contributed by atoms with E-state index in [-0.39, 0.29) is 17.6 Å². The first-order valence-electron chi connectivity index (χ1n) is 6.50. The van der Waals surface area contributed by atoms with Gasteiger partial charge in [0.25, 0.3) is 5.69 Å². The number of hydrogen-bond donors (Lipinski definition) is 3. The maximum Gasteiger partial charge on any atom is 0.273 e. The minimum atomic E-state index is -0.503. The Morgan fingerprint density at radius 3 is 2.75 bits per heavy atom. The number of nitrogen functional groups attached to an aromatic ring is 1. The molecule has 0 aromatic heterocycles. The van der Waals surface area contributed by atoms with Crippen molar-refractivity contribution in [2.24, 2.45) is 0 Å². The second-order valence-corrected chi connectivity index (χ2v) is 4.62. The van der Waals surface area contributed by atoms with Crippen molar-refractivity contribution in [1.29, 1.82) is 0 Å². The minimum Gasteiger partial charge on any atom is -0.398 e. The molecular formula is C13H20N4O3. The largest absolute Gasteiger partial charge is 0.398 e. The summed E-state index contributed by atoms with van der Waals surface area (Å²) in [6, 6.07) is 4.43. The fourth-order valence-electron chi connectivity index (χ4n) is 1.61. The Morgan fingerprint density at radius 2 is 2.15 bits per heavy atom. The highest BCUT2D eigenvalue weighted by atomic mass is 16.6. The molecule has 1 unspecified atom stereocenters. The van der Waals surface area contributed by atoms with Gasteiger partial charge in [0.15, 0.2) is 0 Å². The molecule has 7 nitrogen and oxygen atoms in total. The van der Waals surface area contributed by atoms with Gasteiger partial charge < -0.3 is 16.4 Å². The molecule has 0 aliphatic rings. The first-order chi connectivity index (χ1) is 9.42. The molecule has 1 aromatic rings. The summed E-state index contributed by atoms with van der Waals surface area (Å²) in [4.78, 5) is 21.8. The van der Waals surface area contributed by atoms with Gasteiger partial charge in [0, 0.05) is 42.5 Å². The molecule has 0 aliphatic heterocycles. The molecule has 1 rings (SSSR count). The molecule has 7 heteroatoms. The fourth-order valence-corrected chi connectivity index (χ4v) is 1.61.